The summed E-state index contributed by atoms with van der Waals surface area (Å²) in [4.78, 5) is 29.6. The topological polar surface area (TPSA) is 93.8 Å². The molecule has 4 aromatic rings. The van der Waals surface area contributed by atoms with E-state index in [2.05, 4.69) is 21.0 Å². The third-order valence-corrected chi connectivity index (χ3v) is 6.88. The summed E-state index contributed by atoms with van der Waals surface area (Å²) < 4.78 is 7.76. The van der Waals surface area contributed by atoms with Crippen molar-refractivity contribution in [3.05, 3.63) is 80.8 Å². The van der Waals surface area contributed by atoms with Crippen molar-refractivity contribution in [1.29, 1.82) is 0 Å². The standard InChI is InChI=1S/C27H24BrN3O4/c28-19-11-12-23-21(14-19)27(34)31(26(30-23)18-7-2-1-3-8-18)29-15-22-20-9-5-4-6-17(20)10-13-24(22)35-16-25(32)33/h4-6,9-15,18H,1-3,7-8,16H2,(H,32,33). The van der Waals surface area contributed by atoms with Crippen LogP contribution in [0.25, 0.3) is 21.7 Å². The second kappa shape index (κ2) is 10.00. The summed E-state index contributed by atoms with van der Waals surface area (Å²) in [5, 5.41) is 16.0. The molecule has 0 radical (unpaired) electrons. The number of ether oxygens (including phenoxy) is 1. The van der Waals surface area contributed by atoms with Crippen molar-refractivity contribution in [2.45, 2.75) is 38.0 Å². The highest BCUT2D eigenvalue weighted by atomic mass is 79.9. The van der Waals surface area contributed by atoms with Gasteiger partial charge < -0.3 is 9.84 Å². The zero-order valence-corrected chi connectivity index (χ0v) is 20.6. The number of nitrogens with zero attached hydrogens (tertiary/aromatic N) is 3. The van der Waals surface area contributed by atoms with Crippen LogP contribution in [-0.2, 0) is 4.79 Å². The summed E-state index contributed by atoms with van der Waals surface area (Å²) in [5.41, 5.74) is 1.03. The summed E-state index contributed by atoms with van der Waals surface area (Å²) in [6, 6.07) is 16.8. The Balaban J connectivity index is 1.68. The van der Waals surface area contributed by atoms with E-state index in [0.717, 1.165) is 40.9 Å². The van der Waals surface area contributed by atoms with E-state index >= 15 is 0 Å². The van der Waals surface area contributed by atoms with Crippen LogP contribution in [-0.4, -0.2) is 33.6 Å². The molecule has 0 saturated heterocycles. The second-order valence-electron chi connectivity index (χ2n) is 8.71. The van der Waals surface area contributed by atoms with Gasteiger partial charge in [-0.3, -0.25) is 4.79 Å². The fourth-order valence-electron chi connectivity index (χ4n) is 4.69. The van der Waals surface area contributed by atoms with E-state index in [0.29, 0.717) is 28.0 Å². The Morgan fingerprint density at radius 2 is 1.91 bits per heavy atom. The highest BCUT2D eigenvalue weighted by molar-refractivity contribution is 9.10. The van der Waals surface area contributed by atoms with Gasteiger partial charge in [0, 0.05) is 16.0 Å². The molecule has 3 aromatic carbocycles. The number of fused-ring (bicyclic) bond motifs is 2. The van der Waals surface area contributed by atoms with Gasteiger partial charge in [-0.05, 0) is 47.9 Å². The molecular weight excluding hydrogens is 510 g/mol. The molecule has 7 nitrogen and oxygen atoms in total. The number of hydrogen-bond acceptors (Lipinski definition) is 5. The van der Waals surface area contributed by atoms with Crippen LogP contribution in [0.15, 0.2) is 69.0 Å². The molecule has 1 heterocycles. The van der Waals surface area contributed by atoms with Crippen molar-refractivity contribution < 1.29 is 14.6 Å². The molecule has 178 valence electrons. The zero-order chi connectivity index (χ0) is 24.4. The molecule has 0 atom stereocenters. The molecule has 0 amide bonds. The smallest absolute Gasteiger partial charge is 0.341 e. The van der Waals surface area contributed by atoms with Gasteiger partial charge in [-0.25, -0.2) is 9.78 Å². The minimum atomic E-state index is -1.07. The monoisotopic (exact) mass is 533 g/mol. The Kier molecular flexibility index (Phi) is 6.63. The maximum Gasteiger partial charge on any atom is 0.341 e. The van der Waals surface area contributed by atoms with Crippen LogP contribution in [0.2, 0.25) is 0 Å². The fourth-order valence-corrected chi connectivity index (χ4v) is 5.05. The summed E-state index contributed by atoms with van der Waals surface area (Å²) in [7, 11) is 0. The summed E-state index contributed by atoms with van der Waals surface area (Å²) in [6.07, 6.45) is 6.89. The predicted molar refractivity (Wildman–Crippen MR) is 140 cm³/mol. The highest BCUT2D eigenvalue weighted by Gasteiger charge is 2.22. The van der Waals surface area contributed by atoms with Crippen LogP contribution in [0.3, 0.4) is 0 Å². The summed E-state index contributed by atoms with van der Waals surface area (Å²) in [6.45, 7) is -0.474. The Morgan fingerprint density at radius 3 is 2.71 bits per heavy atom. The summed E-state index contributed by atoms with van der Waals surface area (Å²) in [5.74, 6) is 0.130. The van der Waals surface area contributed by atoms with E-state index in [1.807, 2.05) is 42.5 Å². The first kappa shape index (κ1) is 23.2. The molecular formula is C27H24BrN3O4. The normalized spacial score (nSPS) is 14.7. The number of carbonyl (C=O) groups is 1. The molecule has 1 aliphatic carbocycles. The molecule has 1 fully saturated rings. The van der Waals surface area contributed by atoms with Gasteiger partial charge in [-0.1, -0.05) is 65.5 Å². The van der Waals surface area contributed by atoms with Gasteiger partial charge in [-0.15, -0.1) is 0 Å². The fraction of sp³-hybridized carbons (Fsp3) is 0.259. The van der Waals surface area contributed by atoms with Gasteiger partial charge >= 0.3 is 5.97 Å². The lowest BCUT2D eigenvalue weighted by atomic mass is 9.88. The van der Waals surface area contributed by atoms with E-state index in [-0.39, 0.29) is 11.5 Å². The van der Waals surface area contributed by atoms with Gasteiger partial charge in [0.25, 0.3) is 5.56 Å². The van der Waals surface area contributed by atoms with Crippen molar-refractivity contribution in [2.24, 2.45) is 5.10 Å². The van der Waals surface area contributed by atoms with Crippen molar-refractivity contribution >= 4 is 49.8 Å². The number of carboxylic acids is 1. The molecule has 0 spiro atoms. The largest absolute Gasteiger partial charge is 0.481 e. The van der Waals surface area contributed by atoms with Crippen LogP contribution < -0.4 is 10.3 Å². The average Bonchev–Trinajstić information content (AvgIpc) is 2.87. The van der Waals surface area contributed by atoms with Crippen molar-refractivity contribution in [3.63, 3.8) is 0 Å². The number of rotatable bonds is 6. The third kappa shape index (κ3) is 4.84. The number of carboxylic acid groups (broad SMARTS) is 1. The Bertz CT molecular complexity index is 1510. The highest BCUT2D eigenvalue weighted by Crippen LogP contribution is 2.32. The van der Waals surface area contributed by atoms with E-state index in [4.69, 9.17) is 14.8 Å². The van der Waals surface area contributed by atoms with Crippen LogP contribution in [0.1, 0.15) is 49.4 Å². The molecule has 0 unspecified atom stereocenters. The third-order valence-electron chi connectivity index (χ3n) is 6.39. The van der Waals surface area contributed by atoms with Crippen LogP contribution >= 0.6 is 15.9 Å². The van der Waals surface area contributed by atoms with Crippen molar-refractivity contribution in [2.75, 3.05) is 6.61 Å². The first-order chi connectivity index (χ1) is 17.0. The molecule has 0 aliphatic heterocycles. The lowest BCUT2D eigenvalue weighted by Crippen LogP contribution is -2.25. The molecule has 35 heavy (non-hydrogen) atoms. The number of benzene rings is 3. The van der Waals surface area contributed by atoms with Crippen LogP contribution in [0.5, 0.6) is 5.75 Å². The number of halogens is 1. The SMILES string of the molecule is O=C(O)COc1ccc2ccccc2c1C=Nn1c(C2CCCCC2)nc2ccc(Br)cc2c1=O. The first-order valence-electron chi connectivity index (χ1n) is 11.6. The Hall–Kier alpha value is -3.52. The lowest BCUT2D eigenvalue weighted by Gasteiger charge is -2.22. The number of hydrogen-bond donors (Lipinski definition) is 1. The quantitative estimate of drug-likeness (QED) is 0.320. The maximum atomic E-state index is 13.6. The van der Waals surface area contributed by atoms with Crippen molar-refractivity contribution in [3.8, 4) is 5.75 Å². The van der Waals surface area contributed by atoms with Crippen molar-refractivity contribution in [1.82, 2.24) is 9.66 Å². The minimum Gasteiger partial charge on any atom is -0.481 e. The van der Waals surface area contributed by atoms with Gasteiger partial charge in [0.2, 0.25) is 0 Å². The first-order valence-corrected chi connectivity index (χ1v) is 12.4. The predicted octanol–water partition coefficient (Wildman–Crippen LogP) is 5.71. The molecule has 0 bridgehead atoms. The van der Waals surface area contributed by atoms with E-state index in [1.54, 1.807) is 18.3 Å². The molecule has 1 aromatic heterocycles. The van der Waals surface area contributed by atoms with Gasteiger partial charge in [-0.2, -0.15) is 9.78 Å². The van der Waals surface area contributed by atoms with Gasteiger partial charge in [0.1, 0.15) is 11.6 Å². The Labute approximate surface area is 210 Å². The van der Waals surface area contributed by atoms with Crippen LogP contribution in [0, 0.1) is 0 Å². The van der Waals surface area contributed by atoms with Gasteiger partial charge in [0.05, 0.1) is 17.1 Å². The maximum absolute atomic E-state index is 13.6. The van der Waals surface area contributed by atoms with E-state index in [1.165, 1.54) is 11.1 Å². The lowest BCUT2D eigenvalue weighted by molar-refractivity contribution is -0.139. The second-order valence-corrected chi connectivity index (χ2v) is 9.62. The molecule has 8 heteroatoms. The molecule has 5 rings (SSSR count). The minimum absolute atomic E-state index is 0.150. The van der Waals surface area contributed by atoms with E-state index < -0.39 is 12.6 Å². The summed E-state index contributed by atoms with van der Waals surface area (Å²) >= 11 is 3.45. The van der Waals surface area contributed by atoms with E-state index in [9.17, 15) is 9.59 Å². The molecule has 1 saturated carbocycles. The van der Waals surface area contributed by atoms with Crippen LogP contribution in [0.4, 0.5) is 0 Å². The molecule has 1 aliphatic rings. The average molecular weight is 534 g/mol. The van der Waals surface area contributed by atoms with Gasteiger partial charge in [0.15, 0.2) is 6.61 Å². The number of aliphatic carboxylic acids is 1. The molecule has 1 N–H and O–H groups in total. The Morgan fingerprint density at radius 1 is 1.11 bits per heavy atom. The number of aromatic nitrogens is 2. The zero-order valence-electron chi connectivity index (χ0n) is 19.0.